The minimum atomic E-state index is -0.201. The number of fused-ring (bicyclic) bond motifs is 1. The summed E-state index contributed by atoms with van der Waals surface area (Å²) >= 11 is 0. The highest BCUT2D eigenvalue weighted by Crippen LogP contribution is 2.35. The molecule has 1 amide bonds. The number of carbonyl (C=O) groups excluding carboxylic acids is 1. The molecule has 1 aromatic rings. The molecule has 18 heavy (non-hydrogen) atoms. The van der Waals surface area contributed by atoms with Gasteiger partial charge in [0.25, 0.3) is 5.91 Å². The molecule has 98 valence electrons. The van der Waals surface area contributed by atoms with Crippen LogP contribution in [0, 0.1) is 0 Å². The molecule has 0 aliphatic carbocycles. The minimum Gasteiger partial charge on any atom is -0.454 e. The lowest BCUT2D eigenvalue weighted by atomic mass is 10.1. The van der Waals surface area contributed by atoms with Crippen LogP contribution in [-0.2, 0) is 0 Å². The van der Waals surface area contributed by atoms with Gasteiger partial charge in [0, 0.05) is 24.8 Å². The number of benzene rings is 1. The van der Waals surface area contributed by atoms with Crippen LogP contribution in [0.1, 0.15) is 10.4 Å². The summed E-state index contributed by atoms with van der Waals surface area (Å²) < 4.78 is 10.4. The molecular weight excluding hydrogens is 234 g/mol. The Balaban J connectivity index is 2.06. The first-order valence-electron chi connectivity index (χ1n) is 5.70. The van der Waals surface area contributed by atoms with Gasteiger partial charge in [-0.2, -0.15) is 0 Å². The average Bonchev–Trinajstić information content (AvgIpc) is 2.74. The molecule has 2 rings (SSSR count). The standard InChI is InChI=1S/C12H17N3O3/c1-15(2)4-3-14-12(16)8-5-10-11(6-9(8)13)18-7-17-10/h5-6H,3-4,7,13H2,1-2H3,(H,14,16). The quantitative estimate of drug-likeness (QED) is 0.752. The van der Waals surface area contributed by atoms with E-state index in [9.17, 15) is 4.79 Å². The predicted octanol–water partition coefficient (Wildman–Crippen LogP) is 0.289. The maximum absolute atomic E-state index is 11.9. The van der Waals surface area contributed by atoms with Crippen molar-refractivity contribution >= 4 is 11.6 Å². The van der Waals surface area contributed by atoms with Crippen molar-refractivity contribution in [1.82, 2.24) is 10.2 Å². The van der Waals surface area contributed by atoms with Gasteiger partial charge in [0.15, 0.2) is 11.5 Å². The number of likely N-dealkylation sites (N-methyl/N-ethyl adjacent to an activating group) is 1. The number of amides is 1. The first kappa shape index (κ1) is 12.5. The summed E-state index contributed by atoms with van der Waals surface area (Å²) in [6.07, 6.45) is 0. The van der Waals surface area contributed by atoms with E-state index in [1.54, 1.807) is 12.1 Å². The van der Waals surface area contributed by atoms with E-state index in [2.05, 4.69) is 5.32 Å². The molecule has 6 heteroatoms. The Hall–Kier alpha value is -1.95. The van der Waals surface area contributed by atoms with Crippen LogP contribution in [0.3, 0.4) is 0 Å². The molecule has 6 nitrogen and oxygen atoms in total. The van der Waals surface area contributed by atoms with E-state index >= 15 is 0 Å². The fourth-order valence-electron chi connectivity index (χ4n) is 1.64. The second kappa shape index (κ2) is 5.14. The highest BCUT2D eigenvalue weighted by Gasteiger charge is 2.19. The van der Waals surface area contributed by atoms with Crippen molar-refractivity contribution in [2.75, 3.05) is 39.7 Å². The van der Waals surface area contributed by atoms with Crippen molar-refractivity contribution in [3.05, 3.63) is 17.7 Å². The molecular formula is C12H17N3O3. The van der Waals surface area contributed by atoms with Crippen LogP contribution in [0.25, 0.3) is 0 Å². The van der Waals surface area contributed by atoms with Gasteiger partial charge < -0.3 is 25.4 Å². The summed E-state index contributed by atoms with van der Waals surface area (Å²) in [5, 5.41) is 2.81. The molecule has 0 fully saturated rings. The number of nitrogens with zero attached hydrogens (tertiary/aromatic N) is 1. The number of nitrogen functional groups attached to an aromatic ring is 1. The van der Waals surface area contributed by atoms with Crippen molar-refractivity contribution in [1.29, 1.82) is 0 Å². The molecule has 0 bridgehead atoms. The van der Waals surface area contributed by atoms with Crippen LogP contribution < -0.4 is 20.5 Å². The Morgan fingerprint density at radius 2 is 2.06 bits per heavy atom. The molecule has 1 aromatic carbocycles. The predicted molar refractivity (Wildman–Crippen MR) is 67.9 cm³/mol. The number of hydrogen-bond donors (Lipinski definition) is 2. The van der Waals surface area contributed by atoms with E-state index in [1.165, 1.54) is 0 Å². The SMILES string of the molecule is CN(C)CCNC(=O)c1cc2c(cc1N)OCO2. The molecule has 0 aromatic heterocycles. The molecule has 0 atom stereocenters. The third-order valence-corrected chi connectivity index (χ3v) is 2.63. The molecule has 0 saturated carbocycles. The number of nitrogens with two attached hydrogens (primary N) is 1. The van der Waals surface area contributed by atoms with E-state index in [4.69, 9.17) is 15.2 Å². The zero-order chi connectivity index (χ0) is 13.1. The van der Waals surface area contributed by atoms with Crippen molar-refractivity contribution < 1.29 is 14.3 Å². The molecule has 1 aliphatic heterocycles. The van der Waals surface area contributed by atoms with Crippen molar-refractivity contribution in [2.45, 2.75) is 0 Å². The zero-order valence-electron chi connectivity index (χ0n) is 10.5. The molecule has 3 N–H and O–H groups in total. The Morgan fingerprint density at radius 3 is 2.72 bits per heavy atom. The monoisotopic (exact) mass is 251 g/mol. The van der Waals surface area contributed by atoms with E-state index in [0.717, 1.165) is 6.54 Å². The third-order valence-electron chi connectivity index (χ3n) is 2.63. The van der Waals surface area contributed by atoms with E-state index < -0.39 is 0 Å². The van der Waals surface area contributed by atoms with Gasteiger partial charge in [0.05, 0.1) is 5.56 Å². The largest absolute Gasteiger partial charge is 0.454 e. The first-order valence-corrected chi connectivity index (χ1v) is 5.70. The van der Waals surface area contributed by atoms with Gasteiger partial charge >= 0.3 is 0 Å². The summed E-state index contributed by atoms with van der Waals surface area (Å²) in [5.41, 5.74) is 6.62. The topological polar surface area (TPSA) is 76.8 Å². The number of ether oxygens (including phenoxy) is 2. The lowest BCUT2D eigenvalue weighted by Crippen LogP contribution is -2.31. The summed E-state index contributed by atoms with van der Waals surface area (Å²) in [7, 11) is 3.89. The molecule has 0 spiro atoms. The van der Waals surface area contributed by atoms with Crippen LogP contribution in [0.5, 0.6) is 11.5 Å². The summed E-state index contributed by atoms with van der Waals surface area (Å²) in [6.45, 7) is 1.51. The number of rotatable bonds is 4. The second-order valence-electron chi connectivity index (χ2n) is 4.35. The fraction of sp³-hybridized carbons (Fsp3) is 0.417. The van der Waals surface area contributed by atoms with E-state index in [-0.39, 0.29) is 12.7 Å². The van der Waals surface area contributed by atoms with E-state index in [1.807, 2.05) is 19.0 Å². The maximum atomic E-state index is 11.9. The lowest BCUT2D eigenvalue weighted by molar-refractivity contribution is 0.0951. The fourth-order valence-corrected chi connectivity index (χ4v) is 1.64. The van der Waals surface area contributed by atoms with Crippen LogP contribution >= 0.6 is 0 Å². The van der Waals surface area contributed by atoms with Gasteiger partial charge in [0.1, 0.15) is 0 Å². The van der Waals surface area contributed by atoms with Crippen LogP contribution in [0.2, 0.25) is 0 Å². The van der Waals surface area contributed by atoms with Crippen molar-refractivity contribution in [2.24, 2.45) is 0 Å². The normalized spacial score (nSPS) is 12.8. The number of nitrogens with one attached hydrogen (secondary N) is 1. The zero-order valence-corrected chi connectivity index (χ0v) is 10.5. The van der Waals surface area contributed by atoms with Gasteiger partial charge in [-0.3, -0.25) is 4.79 Å². The lowest BCUT2D eigenvalue weighted by Gasteiger charge is -2.11. The molecule has 1 aliphatic rings. The van der Waals surface area contributed by atoms with Crippen LogP contribution in [-0.4, -0.2) is 44.8 Å². The Labute approximate surface area is 106 Å². The Kier molecular flexibility index (Phi) is 3.57. The smallest absolute Gasteiger partial charge is 0.253 e. The van der Waals surface area contributed by atoms with Crippen LogP contribution in [0.15, 0.2) is 12.1 Å². The number of carbonyl (C=O) groups is 1. The number of hydrogen-bond acceptors (Lipinski definition) is 5. The second-order valence-corrected chi connectivity index (χ2v) is 4.35. The Morgan fingerprint density at radius 1 is 1.39 bits per heavy atom. The van der Waals surface area contributed by atoms with Crippen molar-refractivity contribution in [3.8, 4) is 11.5 Å². The molecule has 0 saturated heterocycles. The molecule has 1 heterocycles. The summed E-state index contributed by atoms with van der Waals surface area (Å²) in [4.78, 5) is 13.9. The van der Waals surface area contributed by atoms with Gasteiger partial charge in [-0.1, -0.05) is 0 Å². The van der Waals surface area contributed by atoms with Crippen LogP contribution in [0.4, 0.5) is 5.69 Å². The first-order chi connectivity index (χ1) is 8.58. The van der Waals surface area contributed by atoms with Gasteiger partial charge in [-0.05, 0) is 20.2 Å². The summed E-state index contributed by atoms with van der Waals surface area (Å²) in [6, 6.07) is 3.23. The molecule has 0 unspecified atom stereocenters. The maximum Gasteiger partial charge on any atom is 0.253 e. The van der Waals surface area contributed by atoms with Gasteiger partial charge in [-0.25, -0.2) is 0 Å². The summed E-state index contributed by atoms with van der Waals surface area (Å²) in [5.74, 6) is 0.937. The van der Waals surface area contributed by atoms with Crippen molar-refractivity contribution in [3.63, 3.8) is 0 Å². The van der Waals surface area contributed by atoms with Gasteiger partial charge in [0.2, 0.25) is 6.79 Å². The van der Waals surface area contributed by atoms with Gasteiger partial charge in [-0.15, -0.1) is 0 Å². The Bertz CT molecular complexity index is 460. The highest BCUT2D eigenvalue weighted by atomic mass is 16.7. The molecule has 0 radical (unpaired) electrons. The average molecular weight is 251 g/mol. The minimum absolute atomic E-state index is 0.167. The highest BCUT2D eigenvalue weighted by molar-refractivity contribution is 6.00. The van der Waals surface area contributed by atoms with E-state index in [0.29, 0.717) is 29.3 Å². The third kappa shape index (κ3) is 2.65. The number of anilines is 1.